The number of rotatable bonds is 7. The Kier molecular flexibility index (Phi) is 5.69. The zero-order valence-corrected chi connectivity index (χ0v) is 11.3. The van der Waals surface area contributed by atoms with E-state index in [0.717, 1.165) is 12.8 Å². The van der Waals surface area contributed by atoms with Crippen LogP contribution in [0, 0.1) is 0 Å². The van der Waals surface area contributed by atoms with Crippen LogP contribution in [0.4, 0.5) is 0 Å². The molecule has 0 spiro atoms. The van der Waals surface area contributed by atoms with Gasteiger partial charge in [0.25, 0.3) is 0 Å². The molecule has 0 aromatic heterocycles. The third-order valence-corrected chi connectivity index (χ3v) is 2.92. The average molecular weight is 250 g/mol. The van der Waals surface area contributed by atoms with Gasteiger partial charge in [-0.25, -0.2) is 4.79 Å². The van der Waals surface area contributed by atoms with Gasteiger partial charge in [-0.05, 0) is 36.5 Å². The molecule has 18 heavy (non-hydrogen) atoms. The summed E-state index contributed by atoms with van der Waals surface area (Å²) in [6.45, 7) is 6.28. The summed E-state index contributed by atoms with van der Waals surface area (Å²) in [5.74, 6) is 0.203. The first-order valence-electron chi connectivity index (χ1n) is 6.54. The lowest BCUT2D eigenvalue weighted by molar-refractivity contribution is -0.145. The second kappa shape index (κ2) is 7.04. The lowest BCUT2D eigenvalue weighted by Crippen LogP contribution is -2.26. The van der Waals surface area contributed by atoms with Crippen molar-refractivity contribution < 1.29 is 14.6 Å². The molecule has 0 unspecified atom stereocenters. The first kappa shape index (κ1) is 14.6. The molecule has 1 aromatic carbocycles. The van der Waals surface area contributed by atoms with Crippen LogP contribution in [0.3, 0.4) is 0 Å². The molecule has 0 aliphatic rings. The molecule has 3 heteroatoms. The summed E-state index contributed by atoms with van der Waals surface area (Å²) in [7, 11) is 0. The van der Waals surface area contributed by atoms with E-state index in [-0.39, 0.29) is 0 Å². The molecule has 0 radical (unpaired) electrons. The molecule has 1 atom stereocenters. The van der Waals surface area contributed by atoms with Crippen LogP contribution in [0.25, 0.3) is 0 Å². The molecule has 0 saturated heterocycles. The van der Waals surface area contributed by atoms with E-state index < -0.39 is 12.1 Å². The summed E-state index contributed by atoms with van der Waals surface area (Å²) in [5.41, 5.74) is 1.22. The average Bonchev–Trinajstić information content (AvgIpc) is 2.34. The SMILES string of the molecule is CCCC[C@H](Oc1ccc(C(C)C)cc1)C(=O)O. The number of unbranched alkanes of at least 4 members (excludes halogenated alkanes) is 1. The fourth-order valence-electron chi connectivity index (χ4n) is 1.72. The van der Waals surface area contributed by atoms with Gasteiger partial charge in [0.05, 0.1) is 0 Å². The highest BCUT2D eigenvalue weighted by Gasteiger charge is 2.18. The van der Waals surface area contributed by atoms with Crippen LogP contribution in [0.5, 0.6) is 5.75 Å². The summed E-state index contributed by atoms with van der Waals surface area (Å²) in [6.07, 6.45) is 1.65. The second-order valence-corrected chi connectivity index (χ2v) is 4.81. The Labute approximate surface area is 109 Å². The summed E-state index contributed by atoms with van der Waals surface area (Å²) >= 11 is 0. The zero-order chi connectivity index (χ0) is 13.5. The van der Waals surface area contributed by atoms with Crippen molar-refractivity contribution in [2.45, 2.75) is 52.1 Å². The van der Waals surface area contributed by atoms with Gasteiger partial charge in [0.15, 0.2) is 6.10 Å². The largest absolute Gasteiger partial charge is 0.479 e. The van der Waals surface area contributed by atoms with E-state index in [1.165, 1.54) is 5.56 Å². The Morgan fingerprint density at radius 2 is 1.89 bits per heavy atom. The summed E-state index contributed by atoms with van der Waals surface area (Å²) < 4.78 is 5.51. The van der Waals surface area contributed by atoms with Crippen molar-refractivity contribution in [1.82, 2.24) is 0 Å². The van der Waals surface area contributed by atoms with Gasteiger partial charge in [0, 0.05) is 0 Å². The maximum absolute atomic E-state index is 11.1. The highest BCUT2D eigenvalue weighted by Crippen LogP contribution is 2.20. The van der Waals surface area contributed by atoms with Crippen LogP contribution in [0.1, 0.15) is 51.5 Å². The molecule has 0 aliphatic carbocycles. The van der Waals surface area contributed by atoms with Crippen LogP contribution < -0.4 is 4.74 Å². The topological polar surface area (TPSA) is 46.5 Å². The number of hydrogen-bond acceptors (Lipinski definition) is 2. The fourth-order valence-corrected chi connectivity index (χ4v) is 1.72. The molecule has 0 saturated carbocycles. The van der Waals surface area contributed by atoms with Crippen molar-refractivity contribution in [2.75, 3.05) is 0 Å². The van der Waals surface area contributed by atoms with Crippen molar-refractivity contribution in [3.05, 3.63) is 29.8 Å². The minimum absolute atomic E-state index is 0.467. The molecule has 0 aliphatic heterocycles. The Morgan fingerprint density at radius 1 is 1.28 bits per heavy atom. The van der Waals surface area contributed by atoms with Crippen LogP contribution in [0.2, 0.25) is 0 Å². The van der Waals surface area contributed by atoms with E-state index in [9.17, 15) is 4.79 Å². The van der Waals surface area contributed by atoms with Crippen LogP contribution >= 0.6 is 0 Å². The van der Waals surface area contributed by atoms with E-state index in [1.807, 2.05) is 31.2 Å². The van der Waals surface area contributed by atoms with E-state index >= 15 is 0 Å². The first-order chi connectivity index (χ1) is 8.54. The molecule has 0 bridgehead atoms. The number of carboxylic acid groups (broad SMARTS) is 1. The van der Waals surface area contributed by atoms with Gasteiger partial charge >= 0.3 is 5.97 Å². The quantitative estimate of drug-likeness (QED) is 0.800. The molecule has 0 heterocycles. The van der Waals surface area contributed by atoms with E-state index in [2.05, 4.69) is 13.8 Å². The molecule has 1 N–H and O–H groups in total. The first-order valence-corrected chi connectivity index (χ1v) is 6.54. The van der Waals surface area contributed by atoms with Gasteiger partial charge in [-0.3, -0.25) is 0 Å². The summed E-state index contributed by atoms with van der Waals surface area (Å²) in [5, 5.41) is 9.08. The number of carboxylic acids is 1. The molecule has 0 fully saturated rings. The van der Waals surface area contributed by atoms with E-state index in [4.69, 9.17) is 9.84 Å². The standard InChI is InChI=1S/C15H22O3/c1-4-5-6-14(15(16)17)18-13-9-7-12(8-10-13)11(2)3/h7-11,14H,4-6H2,1-3H3,(H,16,17)/t14-/m0/s1. The van der Waals surface area contributed by atoms with Crippen LogP contribution in [0.15, 0.2) is 24.3 Å². The third kappa shape index (κ3) is 4.40. The lowest BCUT2D eigenvalue weighted by Gasteiger charge is -2.15. The minimum atomic E-state index is -0.892. The Bertz CT molecular complexity index is 368. The van der Waals surface area contributed by atoms with Crippen molar-refractivity contribution in [1.29, 1.82) is 0 Å². The molecule has 0 amide bonds. The summed E-state index contributed by atoms with van der Waals surface area (Å²) in [6, 6.07) is 7.66. The highest BCUT2D eigenvalue weighted by atomic mass is 16.5. The Balaban J connectivity index is 2.66. The van der Waals surface area contributed by atoms with Gasteiger partial charge in [-0.15, -0.1) is 0 Å². The molecule has 100 valence electrons. The number of aliphatic carboxylic acids is 1. The third-order valence-electron chi connectivity index (χ3n) is 2.92. The Hall–Kier alpha value is -1.51. The van der Waals surface area contributed by atoms with Gasteiger partial charge in [0.2, 0.25) is 0 Å². The van der Waals surface area contributed by atoms with Gasteiger partial charge in [-0.2, -0.15) is 0 Å². The fraction of sp³-hybridized carbons (Fsp3) is 0.533. The van der Waals surface area contributed by atoms with Crippen LogP contribution in [-0.2, 0) is 4.79 Å². The van der Waals surface area contributed by atoms with Gasteiger partial charge in [0.1, 0.15) is 5.75 Å². The zero-order valence-electron chi connectivity index (χ0n) is 11.3. The maximum Gasteiger partial charge on any atom is 0.344 e. The molecule has 3 nitrogen and oxygen atoms in total. The monoisotopic (exact) mass is 250 g/mol. The van der Waals surface area contributed by atoms with Crippen molar-refractivity contribution in [3.63, 3.8) is 0 Å². The predicted molar refractivity (Wildman–Crippen MR) is 72.1 cm³/mol. The second-order valence-electron chi connectivity index (χ2n) is 4.81. The van der Waals surface area contributed by atoms with E-state index in [1.54, 1.807) is 0 Å². The smallest absolute Gasteiger partial charge is 0.344 e. The number of ether oxygens (including phenoxy) is 1. The summed E-state index contributed by atoms with van der Waals surface area (Å²) in [4.78, 5) is 11.1. The molecular formula is C15H22O3. The highest BCUT2D eigenvalue weighted by molar-refractivity contribution is 5.72. The van der Waals surface area contributed by atoms with Crippen LogP contribution in [-0.4, -0.2) is 17.2 Å². The number of carbonyl (C=O) groups is 1. The number of benzene rings is 1. The predicted octanol–water partition coefficient (Wildman–Crippen LogP) is 3.83. The van der Waals surface area contributed by atoms with Gasteiger partial charge < -0.3 is 9.84 Å². The number of hydrogen-bond donors (Lipinski definition) is 1. The maximum atomic E-state index is 11.1. The van der Waals surface area contributed by atoms with Crippen molar-refractivity contribution in [2.24, 2.45) is 0 Å². The van der Waals surface area contributed by atoms with Crippen molar-refractivity contribution >= 4 is 5.97 Å². The minimum Gasteiger partial charge on any atom is -0.479 e. The Morgan fingerprint density at radius 3 is 2.33 bits per heavy atom. The molecule has 1 aromatic rings. The normalized spacial score (nSPS) is 12.4. The van der Waals surface area contributed by atoms with Gasteiger partial charge in [-0.1, -0.05) is 39.3 Å². The lowest BCUT2D eigenvalue weighted by atomic mass is 10.0. The molecular weight excluding hydrogens is 228 g/mol. The van der Waals surface area contributed by atoms with E-state index in [0.29, 0.717) is 18.1 Å². The molecule has 1 rings (SSSR count). The van der Waals surface area contributed by atoms with Crippen molar-refractivity contribution in [3.8, 4) is 5.75 Å².